The molecule has 3 rings (SSSR count). The number of halogens is 2. The Morgan fingerprint density at radius 3 is 2.57 bits per heavy atom. The van der Waals surface area contributed by atoms with E-state index in [1.807, 2.05) is 12.1 Å². The molecule has 0 bridgehead atoms. The maximum absolute atomic E-state index is 13.2. The van der Waals surface area contributed by atoms with Crippen molar-refractivity contribution in [1.29, 1.82) is 0 Å². The molecule has 0 N–H and O–H groups in total. The summed E-state index contributed by atoms with van der Waals surface area (Å²) in [7, 11) is 0. The van der Waals surface area contributed by atoms with Crippen LogP contribution in [0.2, 0.25) is 0 Å². The van der Waals surface area contributed by atoms with E-state index in [4.69, 9.17) is 4.74 Å². The maximum Gasteiger partial charge on any atom is 0.230 e. The summed E-state index contributed by atoms with van der Waals surface area (Å²) >= 11 is 0. The van der Waals surface area contributed by atoms with Gasteiger partial charge in [0.15, 0.2) is 17.9 Å². The third-order valence-electron chi connectivity index (χ3n) is 2.95. The Labute approximate surface area is 118 Å². The van der Waals surface area contributed by atoms with E-state index in [2.05, 4.69) is 4.98 Å². The zero-order chi connectivity index (χ0) is 14.8. The third-order valence-corrected chi connectivity index (χ3v) is 2.95. The number of carbonyl (C=O) groups is 1. The quantitative estimate of drug-likeness (QED) is 0.679. The van der Waals surface area contributed by atoms with Gasteiger partial charge in [0.25, 0.3) is 0 Å². The average Bonchev–Trinajstić information content (AvgIpc) is 2.50. The van der Waals surface area contributed by atoms with Crippen LogP contribution in [0.5, 0.6) is 11.6 Å². The summed E-state index contributed by atoms with van der Waals surface area (Å²) in [5.41, 5.74) is 0.874. The van der Waals surface area contributed by atoms with Gasteiger partial charge in [-0.3, -0.25) is 4.79 Å². The van der Waals surface area contributed by atoms with Crippen molar-refractivity contribution in [3.63, 3.8) is 0 Å². The molecular formula is C16H9F2NO2. The van der Waals surface area contributed by atoms with E-state index in [-0.39, 0.29) is 17.2 Å². The minimum Gasteiger partial charge on any atom is -0.438 e. The van der Waals surface area contributed by atoms with Crippen molar-refractivity contribution in [3.05, 3.63) is 65.7 Å². The standard InChI is InChI=1S/C16H9F2NO2/c17-13-6-5-12(8-14(13)18)21-16-11(9-20)7-10-3-1-2-4-15(10)19-16/h1-9H. The predicted octanol–water partition coefficient (Wildman–Crippen LogP) is 4.12. The number of aromatic nitrogens is 1. The van der Waals surface area contributed by atoms with Crippen molar-refractivity contribution < 1.29 is 18.3 Å². The van der Waals surface area contributed by atoms with Crippen molar-refractivity contribution in [2.45, 2.75) is 0 Å². The number of fused-ring (bicyclic) bond motifs is 1. The van der Waals surface area contributed by atoms with E-state index in [0.29, 0.717) is 11.8 Å². The second-order valence-corrected chi connectivity index (χ2v) is 4.37. The highest BCUT2D eigenvalue weighted by molar-refractivity contribution is 5.88. The molecule has 5 heteroatoms. The van der Waals surface area contributed by atoms with Gasteiger partial charge in [-0.25, -0.2) is 13.8 Å². The van der Waals surface area contributed by atoms with Gasteiger partial charge in [-0.15, -0.1) is 0 Å². The Hall–Kier alpha value is -2.82. The lowest BCUT2D eigenvalue weighted by Gasteiger charge is -2.08. The zero-order valence-electron chi connectivity index (χ0n) is 10.7. The first-order chi connectivity index (χ1) is 10.2. The van der Waals surface area contributed by atoms with Crippen LogP contribution in [0.1, 0.15) is 10.4 Å². The van der Waals surface area contributed by atoms with Gasteiger partial charge in [-0.1, -0.05) is 18.2 Å². The first kappa shape index (κ1) is 13.2. The molecule has 21 heavy (non-hydrogen) atoms. The minimum atomic E-state index is -1.03. The fourth-order valence-corrected chi connectivity index (χ4v) is 1.93. The highest BCUT2D eigenvalue weighted by atomic mass is 19.2. The fraction of sp³-hybridized carbons (Fsp3) is 0. The summed E-state index contributed by atoms with van der Waals surface area (Å²) in [6.45, 7) is 0. The molecule has 0 atom stereocenters. The van der Waals surface area contributed by atoms with E-state index in [1.165, 1.54) is 6.07 Å². The first-order valence-corrected chi connectivity index (χ1v) is 6.15. The van der Waals surface area contributed by atoms with E-state index < -0.39 is 11.6 Å². The normalized spacial score (nSPS) is 10.6. The molecule has 104 valence electrons. The Morgan fingerprint density at radius 2 is 1.81 bits per heavy atom. The third kappa shape index (κ3) is 2.58. The summed E-state index contributed by atoms with van der Waals surface area (Å²) in [6.07, 6.45) is 0.606. The van der Waals surface area contributed by atoms with Crippen LogP contribution in [0.3, 0.4) is 0 Å². The number of hydrogen-bond acceptors (Lipinski definition) is 3. The molecule has 0 aliphatic rings. The number of nitrogens with zero attached hydrogens (tertiary/aromatic N) is 1. The van der Waals surface area contributed by atoms with Crippen molar-refractivity contribution in [2.24, 2.45) is 0 Å². The Morgan fingerprint density at radius 1 is 1.00 bits per heavy atom. The van der Waals surface area contributed by atoms with Crippen molar-refractivity contribution in [2.75, 3.05) is 0 Å². The Kier molecular flexibility index (Phi) is 3.31. The molecule has 2 aromatic carbocycles. The largest absolute Gasteiger partial charge is 0.438 e. The zero-order valence-corrected chi connectivity index (χ0v) is 10.7. The second kappa shape index (κ2) is 5.28. The van der Waals surface area contributed by atoms with Crippen LogP contribution in [0.15, 0.2) is 48.5 Å². The van der Waals surface area contributed by atoms with Crippen LogP contribution >= 0.6 is 0 Å². The van der Waals surface area contributed by atoms with Gasteiger partial charge in [0.05, 0.1) is 11.1 Å². The number of para-hydroxylation sites is 1. The lowest BCUT2D eigenvalue weighted by Crippen LogP contribution is -1.96. The number of pyridine rings is 1. The Balaban J connectivity index is 2.06. The summed E-state index contributed by atoms with van der Waals surface area (Å²) in [5.74, 6) is -1.88. The lowest BCUT2D eigenvalue weighted by atomic mass is 10.1. The van der Waals surface area contributed by atoms with E-state index in [1.54, 1.807) is 18.2 Å². The van der Waals surface area contributed by atoms with Gasteiger partial charge in [-0.05, 0) is 24.3 Å². The SMILES string of the molecule is O=Cc1cc2ccccc2nc1Oc1ccc(F)c(F)c1. The van der Waals surface area contributed by atoms with E-state index in [0.717, 1.165) is 17.5 Å². The number of benzene rings is 2. The molecule has 0 aliphatic carbocycles. The van der Waals surface area contributed by atoms with Crippen LogP contribution in [-0.4, -0.2) is 11.3 Å². The lowest BCUT2D eigenvalue weighted by molar-refractivity contribution is 0.112. The topological polar surface area (TPSA) is 39.2 Å². The van der Waals surface area contributed by atoms with Gasteiger partial charge in [0, 0.05) is 11.5 Å². The number of rotatable bonds is 3. The summed E-state index contributed by atoms with van der Waals surface area (Å²) in [5, 5.41) is 0.789. The molecule has 0 saturated carbocycles. The predicted molar refractivity (Wildman–Crippen MR) is 73.6 cm³/mol. The molecule has 0 radical (unpaired) electrons. The van der Waals surface area contributed by atoms with Crippen molar-refractivity contribution in [1.82, 2.24) is 4.98 Å². The van der Waals surface area contributed by atoms with Gasteiger partial charge >= 0.3 is 0 Å². The molecule has 0 saturated heterocycles. The van der Waals surface area contributed by atoms with E-state index >= 15 is 0 Å². The molecule has 0 amide bonds. The molecule has 0 unspecified atom stereocenters. The summed E-state index contributed by atoms with van der Waals surface area (Å²) in [6, 6.07) is 12.0. The van der Waals surface area contributed by atoms with Crippen LogP contribution in [0, 0.1) is 11.6 Å². The summed E-state index contributed by atoms with van der Waals surface area (Å²) < 4.78 is 31.5. The van der Waals surface area contributed by atoms with Crippen LogP contribution < -0.4 is 4.74 Å². The highest BCUT2D eigenvalue weighted by Gasteiger charge is 2.10. The molecule has 3 aromatic rings. The average molecular weight is 285 g/mol. The maximum atomic E-state index is 13.2. The van der Waals surface area contributed by atoms with Crippen LogP contribution in [0.25, 0.3) is 10.9 Å². The highest BCUT2D eigenvalue weighted by Crippen LogP contribution is 2.26. The van der Waals surface area contributed by atoms with Crippen LogP contribution in [-0.2, 0) is 0 Å². The van der Waals surface area contributed by atoms with Gasteiger partial charge in [-0.2, -0.15) is 0 Å². The van der Waals surface area contributed by atoms with Gasteiger partial charge < -0.3 is 4.74 Å². The number of hydrogen-bond donors (Lipinski definition) is 0. The first-order valence-electron chi connectivity index (χ1n) is 6.15. The van der Waals surface area contributed by atoms with E-state index in [9.17, 15) is 13.6 Å². The van der Waals surface area contributed by atoms with Gasteiger partial charge in [0.1, 0.15) is 5.75 Å². The molecular weight excluding hydrogens is 276 g/mol. The number of aldehydes is 1. The smallest absolute Gasteiger partial charge is 0.230 e. The molecule has 0 fully saturated rings. The second-order valence-electron chi connectivity index (χ2n) is 4.37. The fourth-order valence-electron chi connectivity index (χ4n) is 1.93. The molecule has 1 heterocycles. The summed E-state index contributed by atoms with van der Waals surface area (Å²) in [4.78, 5) is 15.4. The number of ether oxygens (including phenoxy) is 1. The molecule has 3 nitrogen and oxygen atoms in total. The Bertz CT molecular complexity index is 834. The monoisotopic (exact) mass is 285 g/mol. The van der Waals surface area contributed by atoms with Crippen LogP contribution in [0.4, 0.5) is 8.78 Å². The molecule has 0 spiro atoms. The van der Waals surface area contributed by atoms with Gasteiger partial charge in [0.2, 0.25) is 5.88 Å². The number of carbonyl (C=O) groups excluding carboxylic acids is 1. The molecule has 1 aromatic heterocycles. The van der Waals surface area contributed by atoms with Crippen molar-refractivity contribution in [3.8, 4) is 11.6 Å². The molecule has 0 aliphatic heterocycles. The van der Waals surface area contributed by atoms with Crippen molar-refractivity contribution >= 4 is 17.2 Å². The minimum absolute atomic E-state index is 0.0507.